The topological polar surface area (TPSA) is 33.1 Å². The highest BCUT2D eigenvalue weighted by Gasteiger charge is 2.10. The third-order valence-corrected chi connectivity index (χ3v) is 3.89. The molecule has 2 heterocycles. The first-order valence-electron chi connectivity index (χ1n) is 7.23. The highest BCUT2D eigenvalue weighted by atomic mass is 15.1. The van der Waals surface area contributed by atoms with Gasteiger partial charge < -0.3 is 9.88 Å². The Labute approximate surface area is 120 Å². The van der Waals surface area contributed by atoms with Gasteiger partial charge in [-0.05, 0) is 37.1 Å². The maximum Gasteiger partial charge on any atom is 0.122 e. The van der Waals surface area contributed by atoms with E-state index in [0.717, 1.165) is 25.5 Å². The number of aryl methyl sites for hydroxylation is 2. The molecule has 0 radical (unpaired) electrons. The lowest BCUT2D eigenvalue weighted by Gasteiger charge is -2.21. The third-order valence-electron chi connectivity index (χ3n) is 3.89. The fourth-order valence-electron chi connectivity index (χ4n) is 2.78. The van der Waals surface area contributed by atoms with Gasteiger partial charge in [-0.15, -0.1) is 0 Å². The number of rotatable bonds is 4. The van der Waals surface area contributed by atoms with Crippen LogP contribution in [0.2, 0.25) is 0 Å². The first kappa shape index (κ1) is 13.2. The van der Waals surface area contributed by atoms with E-state index in [0.29, 0.717) is 0 Å². The maximum absolute atomic E-state index is 4.38. The predicted molar refractivity (Wildman–Crippen MR) is 81.6 cm³/mol. The van der Waals surface area contributed by atoms with E-state index in [1.807, 2.05) is 19.4 Å². The van der Waals surface area contributed by atoms with Crippen molar-refractivity contribution in [1.29, 1.82) is 0 Å². The number of hydrogen-bond acceptors (Lipinski definition) is 3. The molecule has 1 aromatic heterocycles. The van der Waals surface area contributed by atoms with Crippen molar-refractivity contribution in [3.63, 3.8) is 0 Å². The molecule has 0 fully saturated rings. The Bertz CT molecular complexity index is 588. The number of imidazole rings is 1. The molecule has 0 saturated heterocycles. The minimum Gasteiger partial charge on any atom is -0.385 e. The zero-order valence-electron chi connectivity index (χ0n) is 12.3. The first-order valence-corrected chi connectivity index (χ1v) is 7.23. The van der Waals surface area contributed by atoms with E-state index >= 15 is 0 Å². The molecule has 4 nitrogen and oxygen atoms in total. The second-order valence-corrected chi connectivity index (χ2v) is 5.65. The molecule has 0 unspecified atom stereocenters. The summed E-state index contributed by atoms with van der Waals surface area (Å²) in [6.07, 6.45) is 6.28. The van der Waals surface area contributed by atoms with Crippen LogP contribution in [0.4, 0.5) is 5.69 Å². The largest absolute Gasteiger partial charge is 0.385 e. The van der Waals surface area contributed by atoms with E-state index in [1.54, 1.807) is 0 Å². The average Bonchev–Trinajstić information content (AvgIpc) is 2.84. The molecule has 4 heteroatoms. The minimum atomic E-state index is 0.874. The van der Waals surface area contributed by atoms with Gasteiger partial charge in [0.05, 0.1) is 6.54 Å². The summed E-state index contributed by atoms with van der Waals surface area (Å²) >= 11 is 0. The third kappa shape index (κ3) is 2.85. The van der Waals surface area contributed by atoms with Crippen LogP contribution >= 0.6 is 0 Å². The molecule has 0 amide bonds. The summed E-state index contributed by atoms with van der Waals surface area (Å²) in [6, 6.07) is 6.79. The summed E-state index contributed by atoms with van der Waals surface area (Å²) in [5.41, 5.74) is 4.15. The predicted octanol–water partition coefficient (Wildman–Crippen LogP) is 2.41. The highest BCUT2D eigenvalue weighted by molar-refractivity contribution is 5.54. The molecular weight excluding hydrogens is 248 g/mol. The van der Waals surface area contributed by atoms with Crippen molar-refractivity contribution < 1.29 is 0 Å². The Morgan fingerprint density at radius 2 is 2.25 bits per heavy atom. The van der Waals surface area contributed by atoms with E-state index in [9.17, 15) is 0 Å². The molecule has 2 aromatic rings. The van der Waals surface area contributed by atoms with Gasteiger partial charge in [-0.3, -0.25) is 4.90 Å². The van der Waals surface area contributed by atoms with Crippen LogP contribution in [0.15, 0.2) is 30.6 Å². The molecule has 0 saturated carbocycles. The Balaban J connectivity index is 1.66. The Kier molecular flexibility index (Phi) is 3.74. The van der Waals surface area contributed by atoms with Crippen molar-refractivity contribution in [1.82, 2.24) is 14.5 Å². The molecule has 0 atom stereocenters. The normalized spacial score (nSPS) is 14.2. The minimum absolute atomic E-state index is 0.874. The molecular formula is C16H22N4. The van der Waals surface area contributed by atoms with Crippen LogP contribution < -0.4 is 5.32 Å². The van der Waals surface area contributed by atoms with E-state index < -0.39 is 0 Å². The maximum atomic E-state index is 4.38. The Morgan fingerprint density at radius 3 is 3.05 bits per heavy atom. The number of fused-ring (bicyclic) bond motifs is 1. The lowest BCUT2D eigenvalue weighted by atomic mass is 10.0. The fraction of sp³-hybridized carbons (Fsp3) is 0.438. The van der Waals surface area contributed by atoms with E-state index in [1.165, 1.54) is 29.7 Å². The van der Waals surface area contributed by atoms with E-state index in [4.69, 9.17) is 0 Å². The van der Waals surface area contributed by atoms with Gasteiger partial charge in [0.15, 0.2) is 0 Å². The second kappa shape index (κ2) is 5.67. The summed E-state index contributed by atoms with van der Waals surface area (Å²) in [4.78, 5) is 6.68. The van der Waals surface area contributed by atoms with E-state index in [2.05, 4.69) is 45.0 Å². The zero-order chi connectivity index (χ0) is 13.9. The molecule has 0 spiro atoms. The van der Waals surface area contributed by atoms with Gasteiger partial charge in [0.25, 0.3) is 0 Å². The molecule has 1 aromatic carbocycles. The van der Waals surface area contributed by atoms with E-state index in [-0.39, 0.29) is 0 Å². The van der Waals surface area contributed by atoms with Crippen molar-refractivity contribution in [3.8, 4) is 0 Å². The second-order valence-electron chi connectivity index (χ2n) is 5.65. The molecule has 1 N–H and O–H groups in total. The van der Waals surface area contributed by atoms with Crippen LogP contribution in [0.1, 0.15) is 23.4 Å². The number of benzene rings is 1. The molecule has 0 aliphatic carbocycles. The number of hydrogen-bond donors (Lipinski definition) is 1. The van der Waals surface area contributed by atoms with Crippen LogP contribution in [0, 0.1) is 0 Å². The van der Waals surface area contributed by atoms with Gasteiger partial charge in [0.2, 0.25) is 0 Å². The molecule has 3 rings (SSSR count). The smallest absolute Gasteiger partial charge is 0.122 e. The molecule has 1 aliphatic heterocycles. The number of nitrogens with zero attached hydrogens (tertiary/aromatic N) is 3. The van der Waals surface area contributed by atoms with Gasteiger partial charge in [-0.1, -0.05) is 12.1 Å². The SMILES string of the molecule is CN(Cc1ccc2c(c1)CCCN2)Cc1nccn1C. The zero-order valence-corrected chi connectivity index (χ0v) is 12.3. The Hall–Kier alpha value is -1.81. The van der Waals surface area contributed by atoms with Crippen molar-refractivity contribution >= 4 is 5.69 Å². The number of nitrogens with one attached hydrogen (secondary N) is 1. The van der Waals surface area contributed by atoms with Crippen molar-refractivity contribution in [3.05, 3.63) is 47.5 Å². The first-order chi connectivity index (χ1) is 9.72. The van der Waals surface area contributed by atoms with Crippen LogP contribution in [0.5, 0.6) is 0 Å². The van der Waals surface area contributed by atoms with Gasteiger partial charge in [-0.25, -0.2) is 4.98 Å². The fourth-order valence-corrected chi connectivity index (χ4v) is 2.78. The van der Waals surface area contributed by atoms with Crippen molar-refractivity contribution in [2.24, 2.45) is 7.05 Å². The standard InChI is InChI=1S/C16H22N4/c1-19(12-16-18-8-9-20(16)2)11-13-5-6-15-14(10-13)4-3-7-17-15/h5-6,8-10,17H,3-4,7,11-12H2,1-2H3. The van der Waals surface area contributed by atoms with Gasteiger partial charge in [-0.2, -0.15) is 0 Å². The lowest BCUT2D eigenvalue weighted by Crippen LogP contribution is -2.20. The molecule has 20 heavy (non-hydrogen) atoms. The summed E-state index contributed by atoms with van der Waals surface area (Å²) in [6.45, 7) is 2.93. The quantitative estimate of drug-likeness (QED) is 0.926. The molecule has 1 aliphatic rings. The monoisotopic (exact) mass is 270 g/mol. The number of anilines is 1. The van der Waals surface area contributed by atoms with Gasteiger partial charge in [0.1, 0.15) is 5.82 Å². The summed E-state index contributed by atoms with van der Waals surface area (Å²) in [7, 11) is 4.19. The summed E-state index contributed by atoms with van der Waals surface area (Å²) in [5.74, 6) is 1.10. The highest BCUT2D eigenvalue weighted by Crippen LogP contribution is 2.23. The van der Waals surface area contributed by atoms with Crippen LogP contribution in [-0.2, 0) is 26.6 Å². The van der Waals surface area contributed by atoms with Crippen molar-refractivity contribution in [2.45, 2.75) is 25.9 Å². The van der Waals surface area contributed by atoms with Crippen LogP contribution in [0.25, 0.3) is 0 Å². The van der Waals surface area contributed by atoms with Gasteiger partial charge >= 0.3 is 0 Å². The summed E-state index contributed by atoms with van der Waals surface area (Å²) in [5, 5.41) is 3.46. The average molecular weight is 270 g/mol. The molecule has 106 valence electrons. The van der Waals surface area contributed by atoms with Crippen LogP contribution in [-0.4, -0.2) is 28.0 Å². The van der Waals surface area contributed by atoms with Crippen molar-refractivity contribution in [2.75, 3.05) is 18.9 Å². The summed E-state index contributed by atoms with van der Waals surface area (Å²) < 4.78 is 2.08. The van der Waals surface area contributed by atoms with Crippen LogP contribution in [0.3, 0.4) is 0 Å². The molecule has 0 bridgehead atoms. The Morgan fingerprint density at radius 1 is 1.35 bits per heavy atom. The lowest BCUT2D eigenvalue weighted by molar-refractivity contribution is 0.307. The van der Waals surface area contributed by atoms with Gasteiger partial charge in [0, 0.05) is 38.2 Å². The number of aromatic nitrogens is 2.